The van der Waals surface area contributed by atoms with Crippen molar-refractivity contribution in [3.8, 4) is 0 Å². The molecule has 0 radical (unpaired) electrons. The quantitative estimate of drug-likeness (QED) is 0.485. The van der Waals surface area contributed by atoms with Gasteiger partial charge in [0.25, 0.3) is 5.91 Å². The van der Waals surface area contributed by atoms with E-state index in [0.29, 0.717) is 23.0 Å². The average molecular weight is 394 g/mol. The van der Waals surface area contributed by atoms with Crippen LogP contribution < -0.4 is 4.90 Å². The van der Waals surface area contributed by atoms with Crippen LogP contribution in [0.25, 0.3) is 21.2 Å². The van der Waals surface area contributed by atoms with Gasteiger partial charge in [-0.25, -0.2) is 4.98 Å². The second-order valence-corrected chi connectivity index (χ2v) is 8.34. The zero-order valence-electron chi connectivity index (χ0n) is 16.5. The number of aromatic nitrogens is 1. The van der Waals surface area contributed by atoms with E-state index in [1.54, 1.807) is 16.2 Å². The number of hydrogen-bond donors (Lipinski definition) is 0. The van der Waals surface area contributed by atoms with Crippen molar-refractivity contribution in [2.75, 3.05) is 32.1 Å². The summed E-state index contributed by atoms with van der Waals surface area (Å²) in [4.78, 5) is 21.9. The van der Waals surface area contributed by atoms with Crippen molar-refractivity contribution in [1.82, 2.24) is 9.88 Å². The minimum Gasteiger partial charge on any atom is -0.451 e. The Labute approximate surface area is 168 Å². The molecule has 0 aliphatic carbocycles. The van der Waals surface area contributed by atoms with Crippen molar-refractivity contribution in [3.05, 3.63) is 59.4 Å². The number of fused-ring (bicyclic) bond motifs is 2. The van der Waals surface area contributed by atoms with Gasteiger partial charge >= 0.3 is 0 Å². The molecule has 4 rings (SSSR count). The van der Waals surface area contributed by atoms with E-state index in [1.807, 2.05) is 44.4 Å². The highest BCUT2D eigenvalue weighted by molar-refractivity contribution is 7.22. The normalized spacial score (nSPS) is 11.6. The van der Waals surface area contributed by atoms with E-state index >= 15 is 0 Å². The summed E-state index contributed by atoms with van der Waals surface area (Å²) >= 11 is 1.55. The van der Waals surface area contributed by atoms with Crippen molar-refractivity contribution in [3.63, 3.8) is 0 Å². The molecule has 0 spiro atoms. The first kappa shape index (κ1) is 18.7. The third kappa shape index (κ3) is 3.53. The standard InChI is InChI=1S/C22H23N3O2S/c1-14-11-15(2)20-19(12-14)28-22(23-20)25(10-9-24(3)4)21(26)18-13-16-7-5-6-8-17(16)27-18/h5-8,11-13H,9-10H2,1-4H3. The van der Waals surface area contributed by atoms with Crippen molar-refractivity contribution >= 4 is 43.6 Å². The molecule has 5 nitrogen and oxygen atoms in total. The predicted octanol–water partition coefficient (Wildman–Crippen LogP) is 4.87. The predicted molar refractivity (Wildman–Crippen MR) is 116 cm³/mol. The summed E-state index contributed by atoms with van der Waals surface area (Å²) in [6.45, 7) is 5.42. The Morgan fingerprint density at radius 2 is 1.89 bits per heavy atom. The number of amides is 1. The summed E-state index contributed by atoms with van der Waals surface area (Å²) in [6, 6.07) is 13.7. The van der Waals surface area contributed by atoms with Crippen LogP contribution in [0.1, 0.15) is 21.7 Å². The highest BCUT2D eigenvalue weighted by Gasteiger charge is 2.24. The van der Waals surface area contributed by atoms with E-state index in [2.05, 4.69) is 30.9 Å². The second kappa shape index (κ2) is 7.37. The summed E-state index contributed by atoms with van der Waals surface area (Å²) in [6.07, 6.45) is 0. The molecule has 0 N–H and O–H groups in total. The number of likely N-dealkylation sites (N-methyl/N-ethyl adjacent to an activating group) is 1. The molecule has 28 heavy (non-hydrogen) atoms. The first-order valence-corrected chi connectivity index (χ1v) is 10.1. The van der Waals surface area contributed by atoms with Crippen LogP contribution in [0, 0.1) is 13.8 Å². The zero-order chi connectivity index (χ0) is 19.8. The average Bonchev–Trinajstić information content (AvgIpc) is 3.25. The molecule has 0 fully saturated rings. The first-order chi connectivity index (χ1) is 13.4. The number of carbonyl (C=O) groups is 1. The summed E-state index contributed by atoms with van der Waals surface area (Å²) in [5, 5.41) is 1.63. The van der Waals surface area contributed by atoms with Gasteiger partial charge in [0.1, 0.15) is 5.58 Å². The van der Waals surface area contributed by atoms with Crippen LogP contribution in [-0.4, -0.2) is 43.0 Å². The summed E-state index contributed by atoms with van der Waals surface area (Å²) in [5.41, 5.74) is 4.00. The fourth-order valence-electron chi connectivity index (χ4n) is 3.28. The Bertz CT molecular complexity index is 1130. The number of carbonyl (C=O) groups excluding carboxylic acids is 1. The van der Waals surface area contributed by atoms with E-state index < -0.39 is 0 Å². The van der Waals surface area contributed by atoms with Gasteiger partial charge in [0.2, 0.25) is 0 Å². The van der Waals surface area contributed by atoms with Crippen molar-refractivity contribution < 1.29 is 9.21 Å². The fraction of sp³-hybridized carbons (Fsp3) is 0.273. The molecular formula is C22H23N3O2S. The van der Waals surface area contributed by atoms with Crippen molar-refractivity contribution in [1.29, 1.82) is 0 Å². The zero-order valence-corrected chi connectivity index (χ0v) is 17.3. The number of aryl methyl sites for hydroxylation is 2. The molecule has 1 amide bonds. The Morgan fingerprint density at radius 1 is 1.11 bits per heavy atom. The lowest BCUT2D eigenvalue weighted by Crippen LogP contribution is -2.36. The molecule has 2 aromatic carbocycles. The number of rotatable bonds is 5. The third-order valence-electron chi connectivity index (χ3n) is 4.70. The summed E-state index contributed by atoms with van der Waals surface area (Å²) < 4.78 is 6.93. The minimum atomic E-state index is -0.161. The van der Waals surface area contributed by atoms with Gasteiger partial charge in [-0.2, -0.15) is 0 Å². The number of anilines is 1. The Kier molecular flexibility index (Phi) is 4.91. The minimum absolute atomic E-state index is 0.161. The van der Waals surface area contributed by atoms with Crippen LogP contribution in [-0.2, 0) is 0 Å². The Balaban J connectivity index is 1.76. The van der Waals surface area contributed by atoms with Crippen molar-refractivity contribution in [2.24, 2.45) is 0 Å². The van der Waals surface area contributed by atoms with Crippen molar-refractivity contribution in [2.45, 2.75) is 13.8 Å². The molecule has 2 heterocycles. The number of nitrogens with zero attached hydrogens (tertiary/aromatic N) is 3. The van der Waals surface area contributed by atoms with Gasteiger partial charge in [-0.05, 0) is 57.3 Å². The molecule has 0 saturated carbocycles. The SMILES string of the molecule is Cc1cc(C)c2nc(N(CCN(C)C)C(=O)c3cc4ccccc4o3)sc2c1. The lowest BCUT2D eigenvalue weighted by atomic mass is 10.1. The molecule has 0 aliphatic heterocycles. The van der Waals surface area contributed by atoms with E-state index in [-0.39, 0.29) is 5.91 Å². The molecule has 144 valence electrons. The Morgan fingerprint density at radius 3 is 2.64 bits per heavy atom. The summed E-state index contributed by atoms with van der Waals surface area (Å²) in [5.74, 6) is 0.179. The largest absolute Gasteiger partial charge is 0.451 e. The van der Waals surface area contributed by atoms with Gasteiger partial charge in [-0.1, -0.05) is 35.6 Å². The maximum Gasteiger partial charge on any atom is 0.295 e. The molecular weight excluding hydrogens is 370 g/mol. The topological polar surface area (TPSA) is 49.6 Å². The smallest absolute Gasteiger partial charge is 0.295 e. The second-order valence-electron chi connectivity index (χ2n) is 7.33. The monoisotopic (exact) mass is 393 g/mol. The number of hydrogen-bond acceptors (Lipinski definition) is 5. The van der Waals surface area contributed by atoms with E-state index in [9.17, 15) is 4.79 Å². The number of furan rings is 1. The van der Waals surface area contributed by atoms with E-state index in [0.717, 1.165) is 27.7 Å². The Hall–Kier alpha value is -2.70. The maximum atomic E-state index is 13.3. The third-order valence-corrected chi connectivity index (χ3v) is 5.73. The molecule has 6 heteroatoms. The van der Waals surface area contributed by atoms with Crippen LogP contribution >= 0.6 is 11.3 Å². The lowest BCUT2D eigenvalue weighted by molar-refractivity contribution is 0.0960. The van der Waals surface area contributed by atoms with Crippen LogP contribution in [0.4, 0.5) is 5.13 Å². The molecule has 0 unspecified atom stereocenters. The van der Waals surface area contributed by atoms with Gasteiger partial charge < -0.3 is 9.32 Å². The highest BCUT2D eigenvalue weighted by Crippen LogP contribution is 2.33. The molecule has 0 saturated heterocycles. The molecule has 0 aliphatic rings. The highest BCUT2D eigenvalue weighted by atomic mass is 32.1. The molecule has 2 aromatic heterocycles. The van der Waals surface area contributed by atoms with Gasteiger partial charge in [-0.15, -0.1) is 0 Å². The van der Waals surface area contributed by atoms with Crippen LogP contribution in [0.15, 0.2) is 46.9 Å². The van der Waals surface area contributed by atoms with Gasteiger partial charge in [0.05, 0.1) is 10.2 Å². The first-order valence-electron chi connectivity index (χ1n) is 9.25. The van der Waals surface area contributed by atoms with Gasteiger partial charge in [0.15, 0.2) is 10.9 Å². The summed E-state index contributed by atoms with van der Waals surface area (Å²) in [7, 11) is 3.99. The van der Waals surface area contributed by atoms with Crippen LogP contribution in [0.5, 0.6) is 0 Å². The van der Waals surface area contributed by atoms with Crippen LogP contribution in [0.3, 0.4) is 0 Å². The van der Waals surface area contributed by atoms with Crippen LogP contribution in [0.2, 0.25) is 0 Å². The van der Waals surface area contributed by atoms with Gasteiger partial charge in [0, 0.05) is 18.5 Å². The lowest BCUT2D eigenvalue weighted by Gasteiger charge is -2.20. The molecule has 4 aromatic rings. The van der Waals surface area contributed by atoms with Gasteiger partial charge in [-0.3, -0.25) is 9.69 Å². The maximum absolute atomic E-state index is 13.3. The number of thiazole rings is 1. The molecule has 0 atom stereocenters. The van der Waals surface area contributed by atoms with E-state index in [4.69, 9.17) is 9.40 Å². The number of benzene rings is 2. The fourth-order valence-corrected chi connectivity index (χ4v) is 4.44. The van der Waals surface area contributed by atoms with E-state index in [1.165, 1.54) is 5.56 Å². The molecule has 0 bridgehead atoms. The number of para-hydroxylation sites is 1.